The number of hydrazine groups is 1. The van der Waals surface area contributed by atoms with E-state index >= 15 is 0 Å². The van der Waals surface area contributed by atoms with E-state index in [4.69, 9.17) is 5.84 Å². The molecule has 0 aliphatic heterocycles. The Morgan fingerprint density at radius 2 is 1.90 bits per heavy atom. The van der Waals surface area contributed by atoms with Gasteiger partial charge in [0.1, 0.15) is 0 Å². The molecule has 0 atom stereocenters. The molecule has 0 spiro atoms. The Kier molecular flexibility index (Phi) is 6.14. The van der Waals surface area contributed by atoms with Gasteiger partial charge in [-0.05, 0) is 18.2 Å². The van der Waals surface area contributed by atoms with Gasteiger partial charge >= 0.3 is 0 Å². The zero-order valence-corrected chi connectivity index (χ0v) is 12.2. The monoisotopic (exact) mass is 278 g/mol. The molecule has 0 saturated heterocycles. The topological polar surface area (TPSA) is 78.7 Å². The van der Waals surface area contributed by atoms with E-state index in [9.17, 15) is 9.59 Å². The lowest BCUT2D eigenvalue weighted by Gasteiger charge is -2.22. The Hall–Kier alpha value is -1.92. The molecule has 3 N–H and O–H groups in total. The first kappa shape index (κ1) is 16.1. The van der Waals surface area contributed by atoms with Crippen LogP contribution < -0.4 is 11.3 Å². The molecule has 0 bridgehead atoms. The van der Waals surface area contributed by atoms with Gasteiger partial charge in [-0.3, -0.25) is 19.9 Å². The normalized spacial score (nSPS) is 10.4. The van der Waals surface area contributed by atoms with Crippen LogP contribution in [0.3, 0.4) is 0 Å². The molecule has 20 heavy (non-hydrogen) atoms. The van der Waals surface area contributed by atoms with Crippen LogP contribution in [0.4, 0.5) is 0 Å². The maximum absolute atomic E-state index is 11.8. The number of carbonyl (C=O) groups excluding carboxylic acids is 2. The molecule has 0 fully saturated rings. The van der Waals surface area contributed by atoms with Crippen molar-refractivity contribution in [2.45, 2.75) is 13.5 Å². The van der Waals surface area contributed by atoms with E-state index < -0.39 is 0 Å². The fourth-order valence-corrected chi connectivity index (χ4v) is 1.81. The number of amides is 2. The van der Waals surface area contributed by atoms with Gasteiger partial charge in [0.25, 0.3) is 5.91 Å². The quantitative estimate of drug-likeness (QED) is 0.443. The van der Waals surface area contributed by atoms with Gasteiger partial charge in [-0.15, -0.1) is 0 Å². The summed E-state index contributed by atoms with van der Waals surface area (Å²) < 4.78 is 0. The minimum atomic E-state index is -0.324. The molecule has 0 aromatic heterocycles. The molecule has 1 aromatic rings. The van der Waals surface area contributed by atoms with E-state index in [2.05, 4.69) is 5.43 Å². The zero-order chi connectivity index (χ0) is 15.1. The van der Waals surface area contributed by atoms with Crippen molar-refractivity contribution in [1.82, 2.24) is 15.2 Å². The summed E-state index contributed by atoms with van der Waals surface area (Å²) in [5.74, 6) is 4.89. The van der Waals surface area contributed by atoms with E-state index in [0.717, 1.165) is 12.1 Å². The first-order valence-electron chi connectivity index (χ1n) is 6.51. The third kappa shape index (κ3) is 4.32. The standard InChI is InChI=1S/C14H22N4O2/c1-4-18(10-13(19)17(2)3)9-11-7-5-6-8-12(11)14(20)16-15/h5-8H,4,9-10,15H2,1-3H3,(H,16,20). The minimum Gasteiger partial charge on any atom is -0.348 e. The molecule has 0 aliphatic rings. The highest BCUT2D eigenvalue weighted by Gasteiger charge is 2.15. The van der Waals surface area contributed by atoms with Gasteiger partial charge in [0.2, 0.25) is 5.91 Å². The van der Waals surface area contributed by atoms with Crippen LogP contribution in [0, 0.1) is 0 Å². The van der Waals surface area contributed by atoms with E-state index in [1.165, 1.54) is 0 Å². The van der Waals surface area contributed by atoms with Crippen molar-refractivity contribution < 1.29 is 9.59 Å². The molecule has 0 saturated carbocycles. The number of nitrogens with two attached hydrogens (primary N) is 1. The number of carbonyl (C=O) groups is 2. The highest BCUT2D eigenvalue weighted by atomic mass is 16.2. The SMILES string of the molecule is CCN(CC(=O)N(C)C)Cc1ccccc1C(=O)NN. The second kappa shape index (κ2) is 7.62. The summed E-state index contributed by atoms with van der Waals surface area (Å²) in [4.78, 5) is 27.0. The number of hydrogen-bond donors (Lipinski definition) is 2. The third-order valence-electron chi connectivity index (χ3n) is 3.09. The van der Waals surface area contributed by atoms with Crippen molar-refractivity contribution in [2.75, 3.05) is 27.2 Å². The van der Waals surface area contributed by atoms with E-state index in [1.807, 2.05) is 24.0 Å². The van der Waals surface area contributed by atoms with Crippen LogP contribution in [0.5, 0.6) is 0 Å². The Balaban J connectivity index is 2.85. The number of nitrogen functional groups attached to an aromatic ring is 1. The molecule has 2 amide bonds. The lowest BCUT2D eigenvalue weighted by Crippen LogP contribution is -2.37. The number of rotatable bonds is 6. The first-order chi connectivity index (χ1) is 9.49. The van der Waals surface area contributed by atoms with E-state index in [0.29, 0.717) is 18.7 Å². The fourth-order valence-electron chi connectivity index (χ4n) is 1.81. The Bertz CT molecular complexity index is 474. The second-order valence-corrected chi connectivity index (χ2v) is 4.72. The lowest BCUT2D eigenvalue weighted by molar-refractivity contribution is -0.130. The molecule has 6 nitrogen and oxygen atoms in total. The molecular weight excluding hydrogens is 256 g/mol. The highest BCUT2D eigenvalue weighted by Crippen LogP contribution is 2.11. The zero-order valence-electron chi connectivity index (χ0n) is 12.2. The van der Waals surface area contributed by atoms with Crippen molar-refractivity contribution in [2.24, 2.45) is 5.84 Å². The first-order valence-corrected chi connectivity index (χ1v) is 6.51. The van der Waals surface area contributed by atoms with Crippen LogP contribution in [-0.2, 0) is 11.3 Å². The number of nitrogens with zero attached hydrogens (tertiary/aromatic N) is 2. The van der Waals surface area contributed by atoms with Crippen molar-refractivity contribution >= 4 is 11.8 Å². The van der Waals surface area contributed by atoms with Crippen molar-refractivity contribution in [3.8, 4) is 0 Å². The van der Waals surface area contributed by atoms with Gasteiger partial charge in [-0.1, -0.05) is 25.1 Å². The average Bonchev–Trinajstić information content (AvgIpc) is 2.45. The molecule has 110 valence electrons. The predicted octanol–water partition coefficient (Wildman–Crippen LogP) is 0.200. The molecule has 0 radical (unpaired) electrons. The summed E-state index contributed by atoms with van der Waals surface area (Å²) in [7, 11) is 3.46. The van der Waals surface area contributed by atoms with Crippen LogP contribution in [0.2, 0.25) is 0 Å². The summed E-state index contributed by atoms with van der Waals surface area (Å²) in [5, 5.41) is 0. The summed E-state index contributed by atoms with van der Waals surface area (Å²) in [6, 6.07) is 7.24. The Morgan fingerprint density at radius 3 is 2.45 bits per heavy atom. The maximum Gasteiger partial charge on any atom is 0.265 e. The molecule has 1 aromatic carbocycles. The summed E-state index contributed by atoms with van der Waals surface area (Å²) in [6.45, 7) is 3.55. The van der Waals surface area contributed by atoms with Crippen LogP contribution in [0.25, 0.3) is 0 Å². The largest absolute Gasteiger partial charge is 0.348 e. The van der Waals surface area contributed by atoms with Crippen LogP contribution >= 0.6 is 0 Å². The van der Waals surface area contributed by atoms with Gasteiger partial charge in [0, 0.05) is 26.2 Å². The highest BCUT2D eigenvalue weighted by molar-refractivity contribution is 5.95. The number of hydrogen-bond acceptors (Lipinski definition) is 4. The van der Waals surface area contributed by atoms with Crippen LogP contribution in [-0.4, -0.2) is 48.8 Å². The molecule has 6 heteroatoms. The van der Waals surface area contributed by atoms with Crippen molar-refractivity contribution in [3.05, 3.63) is 35.4 Å². The summed E-state index contributed by atoms with van der Waals surface area (Å²) in [5.41, 5.74) is 3.52. The van der Waals surface area contributed by atoms with Crippen LogP contribution in [0.1, 0.15) is 22.8 Å². The second-order valence-electron chi connectivity index (χ2n) is 4.72. The molecule has 1 rings (SSSR count). The van der Waals surface area contributed by atoms with Crippen LogP contribution in [0.15, 0.2) is 24.3 Å². The predicted molar refractivity (Wildman–Crippen MR) is 77.7 cm³/mol. The number of benzene rings is 1. The van der Waals surface area contributed by atoms with Crippen molar-refractivity contribution in [3.63, 3.8) is 0 Å². The summed E-state index contributed by atoms with van der Waals surface area (Å²) in [6.07, 6.45) is 0. The smallest absolute Gasteiger partial charge is 0.265 e. The van der Waals surface area contributed by atoms with Crippen molar-refractivity contribution in [1.29, 1.82) is 0 Å². The Morgan fingerprint density at radius 1 is 1.25 bits per heavy atom. The molecule has 0 unspecified atom stereocenters. The van der Waals surface area contributed by atoms with Gasteiger partial charge in [0.15, 0.2) is 0 Å². The number of nitrogens with one attached hydrogen (secondary N) is 1. The lowest BCUT2D eigenvalue weighted by atomic mass is 10.1. The third-order valence-corrected chi connectivity index (χ3v) is 3.09. The van der Waals surface area contributed by atoms with E-state index in [1.54, 1.807) is 31.1 Å². The maximum atomic E-state index is 11.8. The Labute approximate surface area is 119 Å². The molecular formula is C14H22N4O2. The van der Waals surface area contributed by atoms with Gasteiger partial charge in [-0.2, -0.15) is 0 Å². The van der Waals surface area contributed by atoms with Gasteiger partial charge in [0.05, 0.1) is 6.54 Å². The average molecular weight is 278 g/mol. The molecule has 0 aliphatic carbocycles. The molecule has 0 heterocycles. The van der Waals surface area contributed by atoms with Gasteiger partial charge < -0.3 is 4.90 Å². The fraction of sp³-hybridized carbons (Fsp3) is 0.429. The summed E-state index contributed by atoms with van der Waals surface area (Å²) >= 11 is 0. The van der Waals surface area contributed by atoms with Gasteiger partial charge in [-0.25, -0.2) is 5.84 Å². The minimum absolute atomic E-state index is 0.0348. The number of likely N-dealkylation sites (N-methyl/N-ethyl adjacent to an activating group) is 2. The van der Waals surface area contributed by atoms with E-state index in [-0.39, 0.29) is 11.8 Å².